The third-order valence-corrected chi connectivity index (χ3v) is 12.7. The van der Waals surface area contributed by atoms with Gasteiger partial charge in [-0.15, -0.1) is 0 Å². The van der Waals surface area contributed by atoms with Crippen molar-refractivity contribution in [1.82, 2.24) is 0 Å². The summed E-state index contributed by atoms with van der Waals surface area (Å²) in [6.45, 7) is 0. The first-order chi connectivity index (χ1) is 22.7. The quantitative estimate of drug-likeness (QED) is 0.139. The van der Waals surface area contributed by atoms with Gasteiger partial charge in [0.1, 0.15) is 0 Å². The fourth-order valence-electron chi connectivity index (χ4n) is 4.67. The number of halogens is 15. The molecule has 0 N–H and O–H groups in total. The van der Waals surface area contributed by atoms with E-state index in [0.29, 0.717) is 72.8 Å². The minimum atomic E-state index is -6.24. The minimum absolute atomic E-state index is 0.0338. The highest BCUT2D eigenvalue weighted by molar-refractivity contribution is 7.80. The minimum Gasteiger partial charge on any atom is -0.311 e. The van der Waals surface area contributed by atoms with Gasteiger partial charge >= 0.3 is 30.9 Å². The zero-order chi connectivity index (χ0) is 37.7. The van der Waals surface area contributed by atoms with E-state index >= 15 is 13.2 Å². The monoisotopic (exact) mass is 772 g/mol. The molecule has 20 heteroatoms. The van der Waals surface area contributed by atoms with Crippen molar-refractivity contribution in [3.63, 3.8) is 0 Å². The van der Waals surface area contributed by atoms with Crippen molar-refractivity contribution >= 4 is 35.7 Å². The fourth-order valence-corrected chi connectivity index (χ4v) is 10.3. The van der Waals surface area contributed by atoms with Crippen molar-refractivity contribution in [3.05, 3.63) is 119 Å². The molecule has 0 saturated carbocycles. The Labute approximate surface area is 271 Å². The van der Waals surface area contributed by atoms with Crippen LogP contribution in [-0.2, 0) is 38.4 Å². The molecule has 270 valence electrons. The summed E-state index contributed by atoms with van der Waals surface area (Å²) in [6, 6.07) is 4.67. The van der Waals surface area contributed by atoms with Crippen LogP contribution in [0.1, 0.15) is 22.3 Å². The van der Waals surface area contributed by atoms with Crippen LogP contribution in [0.3, 0.4) is 0 Å². The van der Waals surface area contributed by atoms with Crippen molar-refractivity contribution in [2.24, 2.45) is 0 Å². The second-order valence-corrected chi connectivity index (χ2v) is 15.6. The zero-order valence-corrected chi connectivity index (χ0v) is 25.9. The molecule has 0 spiro atoms. The lowest BCUT2D eigenvalue weighted by Gasteiger charge is -2.34. The Balaban J connectivity index is 2.13. The van der Waals surface area contributed by atoms with Crippen LogP contribution in [0.25, 0.3) is 0 Å². The Kier molecular flexibility index (Phi) is 10.2. The summed E-state index contributed by atoms with van der Waals surface area (Å²) in [5.41, 5.74) is -6.87. The van der Waals surface area contributed by atoms with Gasteiger partial charge in [0, 0.05) is 21.2 Å². The van der Waals surface area contributed by atoms with Gasteiger partial charge in [-0.2, -0.15) is 65.9 Å². The molecule has 4 rings (SSSR count). The van der Waals surface area contributed by atoms with E-state index in [1.807, 2.05) is 0 Å². The lowest BCUT2D eigenvalue weighted by molar-refractivity contribution is -0.168. The third-order valence-electron chi connectivity index (χ3n) is 7.00. The maximum absolute atomic E-state index is 15.1. The summed E-state index contributed by atoms with van der Waals surface area (Å²) < 4.78 is 244. The van der Waals surface area contributed by atoms with E-state index in [9.17, 15) is 61.8 Å². The Morgan fingerprint density at radius 3 is 0.940 bits per heavy atom. The van der Waals surface area contributed by atoms with E-state index in [2.05, 4.69) is 0 Å². The fraction of sp³-hybridized carbons (Fsp3) is 0.200. The standard InChI is InChI=1S/C30H17F15O3P2/c31-26(32,33)17-5-1-9-21(13-17)49(46,22-10-2-6-18(14-22)27(34,35)36)25(30(43,44)45)48-50(47,23-11-3-7-19(15-23)28(37,38)39)24-12-4-8-20(16-24)29(40,41)42/h1-16,25H. The van der Waals surface area contributed by atoms with Crippen molar-refractivity contribution in [2.45, 2.75) is 36.7 Å². The molecule has 0 aliphatic rings. The first kappa shape index (κ1) is 39.0. The first-order valence-corrected chi connectivity index (χ1v) is 16.7. The molecule has 4 aromatic rings. The first-order valence-electron chi connectivity index (χ1n) is 13.3. The molecule has 0 aliphatic carbocycles. The second kappa shape index (κ2) is 13.1. The predicted molar refractivity (Wildman–Crippen MR) is 150 cm³/mol. The molecule has 0 heterocycles. The molecule has 0 radical (unpaired) electrons. The van der Waals surface area contributed by atoms with Gasteiger partial charge in [-0.25, -0.2) is 0 Å². The van der Waals surface area contributed by atoms with Crippen LogP contribution >= 0.6 is 14.5 Å². The topological polar surface area (TPSA) is 43.4 Å². The summed E-state index contributed by atoms with van der Waals surface area (Å²) in [6.07, 6.45) is -27.4. The van der Waals surface area contributed by atoms with Crippen LogP contribution in [0.2, 0.25) is 0 Å². The Morgan fingerprint density at radius 1 is 0.420 bits per heavy atom. The van der Waals surface area contributed by atoms with Gasteiger partial charge in [0.15, 0.2) is 7.14 Å². The summed E-state index contributed by atoms with van der Waals surface area (Å²) in [4.78, 5) is 0. The van der Waals surface area contributed by atoms with Gasteiger partial charge < -0.3 is 9.09 Å². The molecular weight excluding hydrogens is 755 g/mol. The van der Waals surface area contributed by atoms with Crippen LogP contribution in [0.4, 0.5) is 65.9 Å². The van der Waals surface area contributed by atoms with E-state index in [-0.39, 0.29) is 24.3 Å². The van der Waals surface area contributed by atoms with Crippen LogP contribution in [0, 0.1) is 0 Å². The smallest absolute Gasteiger partial charge is 0.311 e. The van der Waals surface area contributed by atoms with Gasteiger partial charge in [-0.3, -0.25) is 4.57 Å². The highest BCUT2D eigenvalue weighted by Gasteiger charge is 2.58. The average Bonchev–Trinajstić information content (AvgIpc) is 3.01. The largest absolute Gasteiger partial charge is 0.422 e. The second-order valence-electron chi connectivity index (χ2n) is 10.4. The summed E-state index contributed by atoms with van der Waals surface area (Å²) >= 11 is 0. The van der Waals surface area contributed by atoms with E-state index in [0.717, 1.165) is 0 Å². The predicted octanol–water partition coefficient (Wildman–Crippen LogP) is 9.91. The molecule has 0 amide bonds. The van der Waals surface area contributed by atoms with Crippen LogP contribution in [0.15, 0.2) is 97.1 Å². The number of alkyl halides is 15. The van der Waals surface area contributed by atoms with Crippen molar-refractivity contribution in [1.29, 1.82) is 0 Å². The number of hydrogen-bond acceptors (Lipinski definition) is 3. The van der Waals surface area contributed by atoms with E-state index in [1.165, 1.54) is 0 Å². The Hall–Kier alpha value is -3.75. The summed E-state index contributed by atoms with van der Waals surface area (Å²) in [7, 11) is -12.3. The van der Waals surface area contributed by atoms with E-state index < -0.39 is 94.7 Å². The summed E-state index contributed by atoms with van der Waals surface area (Å²) in [5, 5.41) is -5.57. The van der Waals surface area contributed by atoms with Crippen LogP contribution < -0.4 is 21.2 Å². The van der Waals surface area contributed by atoms with Crippen molar-refractivity contribution in [3.8, 4) is 0 Å². The van der Waals surface area contributed by atoms with Gasteiger partial charge in [0.05, 0.1) is 22.3 Å². The zero-order valence-electron chi connectivity index (χ0n) is 24.1. The summed E-state index contributed by atoms with van der Waals surface area (Å²) in [5.74, 6) is -4.23. The highest BCUT2D eigenvalue weighted by Crippen LogP contribution is 2.62. The molecule has 1 atom stereocenters. The lowest BCUT2D eigenvalue weighted by atomic mass is 10.2. The molecule has 0 bridgehead atoms. The molecular formula is C30H17F15O3P2. The molecule has 0 aromatic heterocycles. The Morgan fingerprint density at radius 2 is 0.680 bits per heavy atom. The molecule has 1 unspecified atom stereocenters. The van der Waals surface area contributed by atoms with E-state index in [4.69, 9.17) is 4.52 Å². The highest BCUT2D eigenvalue weighted by atomic mass is 31.2. The third kappa shape index (κ3) is 8.07. The van der Waals surface area contributed by atoms with Gasteiger partial charge in [0.25, 0.3) is 7.37 Å². The van der Waals surface area contributed by atoms with Crippen LogP contribution in [-0.4, -0.2) is 12.0 Å². The van der Waals surface area contributed by atoms with Crippen molar-refractivity contribution in [2.75, 3.05) is 0 Å². The molecule has 4 aromatic carbocycles. The number of hydrogen-bond donors (Lipinski definition) is 0. The lowest BCUT2D eigenvalue weighted by Crippen LogP contribution is -2.40. The van der Waals surface area contributed by atoms with Crippen LogP contribution in [0.5, 0.6) is 0 Å². The molecule has 50 heavy (non-hydrogen) atoms. The van der Waals surface area contributed by atoms with Crippen molar-refractivity contribution < 1.29 is 79.5 Å². The Bertz CT molecular complexity index is 1840. The van der Waals surface area contributed by atoms with Gasteiger partial charge in [-0.05, 0) is 60.7 Å². The SMILES string of the molecule is O=P(OC(C(F)(F)F)P(=O)(c1cccc(C(F)(F)F)c1)c1cccc(C(F)(F)F)c1)(c1cccc(C(F)(F)F)c1)c1cccc(C(F)(F)F)c1. The maximum atomic E-state index is 15.1. The van der Waals surface area contributed by atoms with E-state index in [1.54, 1.807) is 0 Å². The molecule has 0 saturated heterocycles. The average molecular weight is 772 g/mol. The van der Waals surface area contributed by atoms with Gasteiger partial charge in [-0.1, -0.05) is 36.4 Å². The molecule has 3 nitrogen and oxygen atoms in total. The molecule has 0 fully saturated rings. The van der Waals surface area contributed by atoms with Gasteiger partial charge in [0.2, 0.25) is 5.85 Å². The molecule has 0 aliphatic heterocycles. The maximum Gasteiger partial charge on any atom is 0.422 e. The normalized spacial score (nSPS) is 14.5. The number of rotatable bonds is 7. The number of benzene rings is 4.